The van der Waals surface area contributed by atoms with Crippen LogP contribution in [-0.2, 0) is 38.0 Å². The van der Waals surface area contributed by atoms with E-state index in [1.54, 1.807) is 0 Å². The molecule has 15 nitrogen and oxygen atoms in total. The molecule has 0 amide bonds. The Bertz CT molecular complexity index is 1270. The average Bonchev–Trinajstić information content (AvgIpc) is 3.35. The monoisotopic (exact) mass is 1000 g/mol. The summed E-state index contributed by atoms with van der Waals surface area (Å²) in [5, 5.41) is 72.2. The number of aliphatic hydroxyl groups excluding tert-OH is 7. The maximum atomic E-state index is 13.0. The fraction of sp³-hybridized carbons (Fsp3) is 0.927. The topological polar surface area (TPSA) is 231 Å². The van der Waals surface area contributed by atoms with Gasteiger partial charge in [-0.25, -0.2) is 0 Å². The number of unbranched alkanes of at least 4 members (excludes halogenated alkanes) is 29. The Balaban J connectivity index is 1.74. The lowest BCUT2D eigenvalue weighted by molar-refractivity contribution is -0.332. The molecule has 4 unspecified atom stereocenters. The molecule has 7 N–H and O–H groups in total. The van der Waals surface area contributed by atoms with Gasteiger partial charge in [0.1, 0.15) is 55.4 Å². The second-order valence-corrected chi connectivity index (χ2v) is 20.1. The maximum absolute atomic E-state index is 13.0. The minimum absolute atomic E-state index is 0.149. The van der Waals surface area contributed by atoms with Crippen LogP contribution in [0.25, 0.3) is 0 Å². The SMILES string of the molecule is CCCCCCCC/C=C/CCCCCC(=O)O[C@@H](COC(=O)CCCCCCCCCCCCCCCCCCCCCCC)CO[C@@H]1O[C@H](CO[C@@H]2O[C@H](CO)[C@H](O)C(O)C2O)[C@H](O)C(O)C1O. The molecule has 2 aliphatic rings. The predicted molar refractivity (Wildman–Crippen MR) is 271 cm³/mol. The van der Waals surface area contributed by atoms with E-state index in [-0.39, 0.29) is 26.1 Å². The summed E-state index contributed by atoms with van der Waals surface area (Å²) in [6, 6.07) is 0. The van der Waals surface area contributed by atoms with Gasteiger partial charge in [0.15, 0.2) is 18.7 Å². The van der Waals surface area contributed by atoms with Gasteiger partial charge in [0.05, 0.1) is 19.8 Å². The highest BCUT2D eigenvalue weighted by molar-refractivity contribution is 5.70. The molecule has 0 aromatic heterocycles. The van der Waals surface area contributed by atoms with Crippen LogP contribution in [0.1, 0.15) is 232 Å². The van der Waals surface area contributed by atoms with Crippen LogP contribution in [0, 0.1) is 0 Å². The number of allylic oxidation sites excluding steroid dienone is 2. The van der Waals surface area contributed by atoms with Crippen molar-refractivity contribution >= 4 is 11.9 Å². The first-order valence-electron chi connectivity index (χ1n) is 28.3. The lowest BCUT2D eigenvalue weighted by Gasteiger charge is -2.42. The van der Waals surface area contributed by atoms with Gasteiger partial charge in [-0.3, -0.25) is 9.59 Å². The third kappa shape index (κ3) is 29.8. The van der Waals surface area contributed by atoms with Crippen LogP contribution >= 0.6 is 0 Å². The Labute approximate surface area is 422 Å². The molecule has 2 fully saturated rings. The van der Waals surface area contributed by atoms with Crippen molar-refractivity contribution in [2.75, 3.05) is 26.4 Å². The van der Waals surface area contributed by atoms with E-state index < -0.39 is 92.7 Å². The van der Waals surface area contributed by atoms with Crippen molar-refractivity contribution < 1.29 is 73.8 Å². The number of hydrogen-bond donors (Lipinski definition) is 7. The molecule has 2 aliphatic heterocycles. The Morgan fingerprint density at radius 2 is 0.814 bits per heavy atom. The minimum atomic E-state index is -1.76. The summed E-state index contributed by atoms with van der Waals surface area (Å²) in [5.74, 6) is -0.930. The van der Waals surface area contributed by atoms with E-state index >= 15 is 0 Å². The molecule has 0 aromatic rings. The lowest BCUT2D eigenvalue weighted by atomic mass is 9.98. The summed E-state index contributed by atoms with van der Waals surface area (Å²) >= 11 is 0. The van der Waals surface area contributed by atoms with Gasteiger partial charge >= 0.3 is 11.9 Å². The minimum Gasteiger partial charge on any atom is -0.462 e. The van der Waals surface area contributed by atoms with Crippen molar-refractivity contribution in [1.29, 1.82) is 0 Å². The number of aliphatic hydroxyl groups is 7. The van der Waals surface area contributed by atoms with Gasteiger partial charge in [0, 0.05) is 12.8 Å². The summed E-state index contributed by atoms with van der Waals surface area (Å²) < 4.78 is 33.6. The van der Waals surface area contributed by atoms with Gasteiger partial charge in [-0.05, 0) is 38.5 Å². The van der Waals surface area contributed by atoms with Gasteiger partial charge in [-0.1, -0.05) is 193 Å². The molecule has 0 spiro atoms. The Morgan fingerprint density at radius 1 is 0.443 bits per heavy atom. The molecule has 0 aliphatic carbocycles. The quantitative estimate of drug-likeness (QED) is 0.0172. The van der Waals surface area contributed by atoms with Crippen LogP contribution in [0.4, 0.5) is 0 Å². The molecule has 0 aromatic carbocycles. The number of hydrogen-bond acceptors (Lipinski definition) is 15. The van der Waals surface area contributed by atoms with E-state index in [1.807, 2.05) is 0 Å². The smallest absolute Gasteiger partial charge is 0.306 e. The number of ether oxygens (including phenoxy) is 6. The van der Waals surface area contributed by atoms with Crippen LogP contribution in [0.5, 0.6) is 0 Å². The summed E-state index contributed by atoms with van der Waals surface area (Å²) in [4.78, 5) is 25.8. The first-order valence-corrected chi connectivity index (χ1v) is 28.3. The summed E-state index contributed by atoms with van der Waals surface area (Å²) in [6.45, 7) is 2.61. The molecule has 412 valence electrons. The van der Waals surface area contributed by atoms with Gasteiger partial charge in [-0.2, -0.15) is 0 Å². The molecule has 2 saturated heterocycles. The highest BCUT2D eigenvalue weighted by Crippen LogP contribution is 2.27. The zero-order chi connectivity index (χ0) is 51.0. The molecule has 11 atom stereocenters. The van der Waals surface area contributed by atoms with Crippen molar-refractivity contribution in [3.8, 4) is 0 Å². The maximum Gasteiger partial charge on any atom is 0.306 e. The third-order valence-corrected chi connectivity index (χ3v) is 13.7. The molecule has 2 heterocycles. The van der Waals surface area contributed by atoms with Crippen molar-refractivity contribution in [2.24, 2.45) is 0 Å². The van der Waals surface area contributed by atoms with E-state index in [1.165, 1.54) is 148 Å². The largest absolute Gasteiger partial charge is 0.462 e. The van der Waals surface area contributed by atoms with Crippen molar-refractivity contribution in [3.05, 3.63) is 12.2 Å². The Hall–Kier alpha value is -1.76. The molecular weight excluding hydrogens is 901 g/mol. The first kappa shape index (κ1) is 64.4. The summed E-state index contributed by atoms with van der Waals surface area (Å²) in [7, 11) is 0. The van der Waals surface area contributed by atoms with Crippen LogP contribution < -0.4 is 0 Å². The van der Waals surface area contributed by atoms with Crippen LogP contribution in [0.3, 0.4) is 0 Å². The third-order valence-electron chi connectivity index (χ3n) is 13.7. The van der Waals surface area contributed by atoms with Gasteiger partial charge < -0.3 is 64.2 Å². The van der Waals surface area contributed by atoms with Gasteiger partial charge in [0.25, 0.3) is 0 Å². The van der Waals surface area contributed by atoms with E-state index in [9.17, 15) is 45.3 Å². The highest BCUT2D eigenvalue weighted by Gasteiger charge is 2.47. The molecule has 0 radical (unpaired) electrons. The van der Waals surface area contributed by atoms with E-state index in [4.69, 9.17) is 28.4 Å². The first-order chi connectivity index (χ1) is 34.0. The molecule has 70 heavy (non-hydrogen) atoms. The normalized spacial score (nSPS) is 25.4. The second kappa shape index (κ2) is 42.6. The van der Waals surface area contributed by atoms with Crippen LogP contribution in [0.2, 0.25) is 0 Å². The van der Waals surface area contributed by atoms with E-state index in [2.05, 4.69) is 26.0 Å². The van der Waals surface area contributed by atoms with E-state index in [0.717, 1.165) is 44.9 Å². The second-order valence-electron chi connectivity index (χ2n) is 20.1. The summed E-state index contributed by atoms with van der Waals surface area (Å²) in [5.41, 5.74) is 0. The number of carbonyl (C=O) groups excluding carboxylic acids is 2. The van der Waals surface area contributed by atoms with Crippen molar-refractivity contribution in [3.63, 3.8) is 0 Å². The van der Waals surface area contributed by atoms with Gasteiger partial charge in [-0.15, -0.1) is 0 Å². The molecular formula is C55H102O15. The lowest BCUT2D eigenvalue weighted by Crippen LogP contribution is -2.61. The molecule has 15 heteroatoms. The summed E-state index contributed by atoms with van der Waals surface area (Å²) in [6.07, 6.45) is 26.7. The number of rotatable bonds is 45. The Kier molecular flexibility index (Phi) is 39.1. The van der Waals surface area contributed by atoms with Gasteiger partial charge in [0.2, 0.25) is 0 Å². The Morgan fingerprint density at radius 3 is 1.27 bits per heavy atom. The molecule has 2 rings (SSSR count). The van der Waals surface area contributed by atoms with Crippen LogP contribution in [0.15, 0.2) is 12.2 Å². The fourth-order valence-electron chi connectivity index (χ4n) is 9.10. The number of carbonyl (C=O) groups is 2. The van der Waals surface area contributed by atoms with E-state index in [0.29, 0.717) is 12.8 Å². The van der Waals surface area contributed by atoms with Crippen molar-refractivity contribution in [2.45, 2.75) is 300 Å². The fourth-order valence-corrected chi connectivity index (χ4v) is 9.10. The average molecular weight is 1000 g/mol. The van der Waals surface area contributed by atoms with Crippen molar-refractivity contribution in [1.82, 2.24) is 0 Å². The van der Waals surface area contributed by atoms with Crippen LogP contribution in [-0.4, -0.2) is 142 Å². The highest BCUT2D eigenvalue weighted by atomic mass is 16.7. The molecule has 0 bridgehead atoms. The predicted octanol–water partition coefficient (Wildman–Crippen LogP) is 8.94. The zero-order valence-corrected chi connectivity index (χ0v) is 43.8. The zero-order valence-electron chi connectivity index (χ0n) is 43.8. The molecule has 0 saturated carbocycles. The standard InChI is InChI=1S/C55H102O15/c1-3-5-7-9-11-13-15-17-18-19-20-21-22-23-24-26-27-29-31-33-35-37-46(57)65-40-43(68-47(58)38-36-34-32-30-28-25-16-14-12-10-8-6-4-2)41-66-54-53(64)51(62)49(60)45(70-54)42-67-55-52(63)50(61)48(59)44(39-56)69-55/h25,28,43-45,48-56,59-64H,3-24,26-27,29-42H2,1-2H3/b28-25+/t43-,44+,45+,48-,49-,50?,51?,52?,53?,54+,55+/m0/s1. The number of esters is 2.